The molecule has 0 saturated carbocycles. The Kier molecular flexibility index (Phi) is 4.60. The van der Waals surface area contributed by atoms with Crippen LogP contribution in [-0.4, -0.2) is 8.80 Å². The average molecular weight is 190 g/mol. The molecule has 0 fully saturated rings. The largest absolute Gasteiger partial charge is 0.131 e. The molecule has 0 nitrogen and oxygen atoms in total. The second-order valence-corrected chi connectivity index (χ2v) is 7.00. The van der Waals surface area contributed by atoms with Crippen LogP contribution in [0.3, 0.4) is 0 Å². The molecular formula is C12H18Si. The molecule has 0 heterocycles. The molecule has 0 bridgehead atoms. The van der Waals surface area contributed by atoms with Crippen LogP contribution in [0, 0.1) is 29.2 Å². The summed E-state index contributed by atoms with van der Waals surface area (Å²) in [5.41, 5.74) is 4.40. The van der Waals surface area contributed by atoms with Crippen molar-refractivity contribution < 1.29 is 0 Å². The van der Waals surface area contributed by atoms with Gasteiger partial charge in [0.25, 0.3) is 0 Å². The summed E-state index contributed by atoms with van der Waals surface area (Å²) in [6.07, 6.45) is 7.03. The van der Waals surface area contributed by atoms with Gasteiger partial charge in [0.05, 0.1) is 0 Å². The molecular weight excluding hydrogens is 172 g/mol. The van der Waals surface area contributed by atoms with Crippen LogP contribution in [0.5, 0.6) is 0 Å². The second kappa shape index (κ2) is 4.95. The number of hydrogen-bond acceptors (Lipinski definition) is 0. The predicted molar refractivity (Wildman–Crippen MR) is 63.0 cm³/mol. The van der Waals surface area contributed by atoms with E-state index >= 15 is 0 Å². The number of allylic oxidation sites excluding steroid dienone is 2. The minimum atomic E-state index is -0.794. The summed E-state index contributed by atoms with van der Waals surface area (Å²) >= 11 is 0. The predicted octanol–water partition coefficient (Wildman–Crippen LogP) is 2.62. The number of rotatable bonds is 0. The van der Waals surface area contributed by atoms with Gasteiger partial charge in [0, 0.05) is 5.57 Å². The lowest BCUT2D eigenvalue weighted by atomic mass is 9.87. The molecule has 0 N–H and O–H groups in total. The number of terminal acetylenes is 1. The van der Waals surface area contributed by atoms with Crippen molar-refractivity contribution in [3.8, 4) is 23.8 Å². The van der Waals surface area contributed by atoms with E-state index in [-0.39, 0.29) is 5.41 Å². The van der Waals surface area contributed by atoms with Crippen LogP contribution >= 0.6 is 0 Å². The van der Waals surface area contributed by atoms with Gasteiger partial charge in [-0.05, 0) is 11.5 Å². The third kappa shape index (κ3) is 5.34. The Labute approximate surface area is 84.0 Å². The van der Waals surface area contributed by atoms with E-state index in [0.717, 1.165) is 5.57 Å². The molecule has 0 atom stereocenters. The van der Waals surface area contributed by atoms with Crippen LogP contribution < -0.4 is 0 Å². The van der Waals surface area contributed by atoms with Gasteiger partial charge in [0.2, 0.25) is 0 Å². The van der Waals surface area contributed by atoms with E-state index in [4.69, 9.17) is 6.42 Å². The van der Waals surface area contributed by atoms with E-state index in [9.17, 15) is 0 Å². The van der Waals surface area contributed by atoms with Gasteiger partial charge >= 0.3 is 0 Å². The standard InChI is InChI=1S/C12H18Si/c1-7-8-11(12(2,3)4)9-10-13(5)6/h1,8,13H,2-6H3/b11-8+. The van der Waals surface area contributed by atoms with Crippen LogP contribution in [0.4, 0.5) is 0 Å². The minimum absolute atomic E-state index is 0.0721. The lowest BCUT2D eigenvalue weighted by Crippen LogP contribution is -2.08. The quantitative estimate of drug-likeness (QED) is 0.407. The highest BCUT2D eigenvalue weighted by Gasteiger charge is 2.14. The van der Waals surface area contributed by atoms with Crippen molar-refractivity contribution in [1.29, 1.82) is 0 Å². The summed E-state index contributed by atoms with van der Waals surface area (Å²) in [5, 5.41) is 0. The van der Waals surface area contributed by atoms with Crippen LogP contribution in [0.15, 0.2) is 11.6 Å². The van der Waals surface area contributed by atoms with Gasteiger partial charge in [-0.1, -0.05) is 45.7 Å². The Bertz CT molecular complexity index is 284. The van der Waals surface area contributed by atoms with Crippen LogP contribution in [0.2, 0.25) is 13.1 Å². The molecule has 0 aromatic carbocycles. The second-order valence-electron chi connectivity index (χ2n) is 4.40. The van der Waals surface area contributed by atoms with Crippen molar-refractivity contribution in [2.45, 2.75) is 33.9 Å². The summed E-state index contributed by atoms with van der Waals surface area (Å²) in [5.74, 6) is 5.74. The highest BCUT2D eigenvalue weighted by atomic mass is 28.3. The van der Waals surface area contributed by atoms with E-state index in [0.29, 0.717) is 0 Å². The summed E-state index contributed by atoms with van der Waals surface area (Å²) in [7, 11) is -0.794. The molecule has 1 heteroatoms. The molecule has 0 saturated heterocycles. The molecule has 0 aliphatic carbocycles. The van der Waals surface area contributed by atoms with E-state index in [2.05, 4.69) is 51.2 Å². The van der Waals surface area contributed by atoms with E-state index in [1.54, 1.807) is 6.08 Å². The highest BCUT2D eigenvalue weighted by Crippen LogP contribution is 2.23. The van der Waals surface area contributed by atoms with E-state index in [1.807, 2.05) is 0 Å². The van der Waals surface area contributed by atoms with Gasteiger partial charge in [-0.2, -0.15) is 0 Å². The van der Waals surface area contributed by atoms with Crippen LogP contribution in [0.1, 0.15) is 20.8 Å². The maximum Gasteiger partial charge on any atom is 0.117 e. The molecule has 13 heavy (non-hydrogen) atoms. The molecule has 0 rings (SSSR count). The Hall–Kier alpha value is -0.923. The maximum absolute atomic E-state index is 5.25. The van der Waals surface area contributed by atoms with Crippen LogP contribution in [0.25, 0.3) is 0 Å². The van der Waals surface area contributed by atoms with Crippen molar-refractivity contribution in [3.63, 3.8) is 0 Å². The lowest BCUT2D eigenvalue weighted by molar-refractivity contribution is 0.521. The first-order chi connectivity index (χ1) is 5.88. The molecule has 0 radical (unpaired) electrons. The van der Waals surface area contributed by atoms with Gasteiger partial charge < -0.3 is 0 Å². The zero-order valence-corrected chi connectivity index (χ0v) is 10.4. The lowest BCUT2D eigenvalue weighted by Gasteiger charge is -2.17. The fourth-order valence-electron chi connectivity index (χ4n) is 0.746. The van der Waals surface area contributed by atoms with Crippen LogP contribution in [-0.2, 0) is 0 Å². The summed E-state index contributed by atoms with van der Waals surface area (Å²) in [4.78, 5) is 0. The topological polar surface area (TPSA) is 0 Å². The molecule has 0 aliphatic rings. The Balaban J connectivity index is 4.83. The molecule has 0 aromatic heterocycles. The number of hydrogen-bond donors (Lipinski definition) is 0. The zero-order chi connectivity index (χ0) is 10.5. The molecule has 0 aliphatic heterocycles. The molecule has 0 aromatic rings. The monoisotopic (exact) mass is 190 g/mol. The average Bonchev–Trinajstić information content (AvgIpc) is 1.95. The Morgan fingerprint density at radius 2 is 1.85 bits per heavy atom. The maximum atomic E-state index is 5.25. The third-order valence-corrected chi connectivity index (χ3v) is 2.25. The Morgan fingerprint density at radius 3 is 2.15 bits per heavy atom. The first-order valence-corrected chi connectivity index (χ1v) is 7.45. The smallest absolute Gasteiger partial charge is 0.117 e. The van der Waals surface area contributed by atoms with Crippen molar-refractivity contribution >= 4 is 8.80 Å². The van der Waals surface area contributed by atoms with E-state index in [1.165, 1.54) is 0 Å². The van der Waals surface area contributed by atoms with Gasteiger partial charge in [0.15, 0.2) is 0 Å². The first kappa shape index (κ1) is 12.1. The Morgan fingerprint density at radius 1 is 1.31 bits per heavy atom. The van der Waals surface area contributed by atoms with Gasteiger partial charge in [0.1, 0.15) is 8.80 Å². The van der Waals surface area contributed by atoms with Crippen molar-refractivity contribution in [1.82, 2.24) is 0 Å². The van der Waals surface area contributed by atoms with Gasteiger partial charge in [-0.15, -0.1) is 12.0 Å². The summed E-state index contributed by atoms with van der Waals surface area (Å²) < 4.78 is 0. The van der Waals surface area contributed by atoms with E-state index < -0.39 is 8.80 Å². The highest BCUT2D eigenvalue weighted by molar-refractivity contribution is 6.64. The first-order valence-electron chi connectivity index (χ1n) is 4.56. The van der Waals surface area contributed by atoms with Crippen molar-refractivity contribution in [3.05, 3.63) is 11.6 Å². The zero-order valence-electron chi connectivity index (χ0n) is 9.23. The van der Waals surface area contributed by atoms with Crippen molar-refractivity contribution in [2.75, 3.05) is 0 Å². The third-order valence-electron chi connectivity index (χ3n) is 1.53. The molecule has 0 spiro atoms. The fraction of sp³-hybridized carbons (Fsp3) is 0.500. The SMILES string of the molecule is C#C/C=C(\C#C[SiH](C)C)C(C)(C)C. The summed E-state index contributed by atoms with van der Waals surface area (Å²) in [6, 6.07) is 0. The normalized spacial score (nSPS) is 11.9. The fourth-order valence-corrected chi connectivity index (χ4v) is 1.19. The molecule has 0 amide bonds. The van der Waals surface area contributed by atoms with Gasteiger partial charge in [-0.3, -0.25) is 0 Å². The van der Waals surface area contributed by atoms with Gasteiger partial charge in [-0.25, -0.2) is 0 Å². The molecule has 70 valence electrons. The minimum Gasteiger partial charge on any atom is -0.131 e. The summed E-state index contributed by atoms with van der Waals surface area (Å²) in [6.45, 7) is 10.8. The van der Waals surface area contributed by atoms with Crippen molar-refractivity contribution in [2.24, 2.45) is 5.41 Å². The molecule has 0 unspecified atom stereocenters.